The maximum atomic E-state index is 13.7. The third kappa shape index (κ3) is 2.18. The number of hydrogen-bond acceptors (Lipinski definition) is 2. The van der Waals surface area contributed by atoms with Crippen molar-refractivity contribution in [3.8, 4) is 0 Å². The first-order valence-electron chi connectivity index (χ1n) is 6.69. The Balaban J connectivity index is 2.01. The number of carbonyl (C=O) groups excluding carboxylic acids is 1. The van der Waals surface area contributed by atoms with E-state index in [9.17, 15) is 9.18 Å². The Hall–Kier alpha value is -2.23. The Morgan fingerprint density at radius 1 is 1.35 bits per heavy atom. The number of aromatic nitrogens is 1. The first-order chi connectivity index (χ1) is 9.66. The number of nitrogens with zero attached hydrogens (tertiary/aromatic N) is 2. The van der Waals surface area contributed by atoms with Gasteiger partial charge in [-0.3, -0.25) is 4.79 Å². The lowest BCUT2D eigenvalue weighted by molar-refractivity contribution is 0.0980. The molecule has 0 N–H and O–H groups in total. The molecule has 1 aliphatic rings. The number of amides is 1. The topological polar surface area (TPSA) is 33.2 Å². The van der Waals surface area contributed by atoms with Gasteiger partial charge in [0.1, 0.15) is 0 Å². The van der Waals surface area contributed by atoms with Gasteiger partial charge < -0.3 is 4.90 Å². The lowest BCUT2D eigenvalue weighted by Gasteiger charge is -2.29. The number of fused-ring (bicyclic) bond motifs is 1. The predicted octanol–water partition coefficient (Wildman–Crippen LogP) is 3.12. The average molecular weight is 270 g/mol. The van der Waals surface area contributed by atoms with Crippen molar-refractivity contribution in [2.75, 3.05) is 11.4 Å². The van der Waals surface area contributed by atoms with E-state index in [0.717, 1.165) is 24.1 Å². The van der Waals surface area contributed by atoms with Gasteiger partial charge in [-0.1, -0.05) is 17.7 Å². The lowest BCUT2D eigenvalue weighted by Crippen LogP contribution is -2.36. The maximum Gasteiger partial charge on any atom is 0.262 e. The molecule has 0 radical (unpaired) electrons. The number of halogens is 1. The van der Waals surface area contributed by atoms with Crippen LogP contribution in [0.1, 0.15) is 27.9 Å². The summed E-state index contributed by atoms with van der Waals surface area (Å²) in [6.45, 7) is 2.64. The molecule has 0 saturated carbocycles. The number of anilines is 1. The van der Waals surface area contributed by atoms with Crippen LogP contribution in [0.4, 0.5) is 10.1 Å². The molecular weight excluding hydrogens is 255 g/mol. The lowest BCUT2D eigenvalue weighted by atomic mass is 9.99. The molecule has 0 spiro atoms. The molecule has 0 unspecified atom stereocenters. The van der Waals surface area contributed by atoms with Crippen LogP contribution in [0.15, 0.2) is 36.5 Å². The van der Waals surface area contributed by atoms with Crippen molar-refractivity contribution in [3.63, 3.8) is 0 Å². The fourth-order valence-electron chi connectivity index (χ4n) is 2.63. The van der Waals surface area contributed by atoms with Gasteiger partial charge in [-0.05, 0) is 43.5 Å². The highest BCUT2D eigenvalue weighted by Gasteiger charge is 2.25. The number of rotatable bonds is 1. The Kier molecular flexibility index (Phi) is 3.22. The number of carbonyl (C=O) groups is 1. The molecule has 3 rings (SSSR count). The summed E-state index contributed by atoms with van der Waals surface area (Å²) in [5.41, 5.74) is 3.23. The minimum absolute atomic E-state index is 0.0286. The van der Waals surface area contributed by atoms with Gasteiger partial charge in [0.05, 0.1) is 5.56 Å². The molecule has 1 amide bonds. The van der Waals surface area contributed by atoms with E-state index in [1.807, 2.05) is 19.1 Å². The van der Waals surface area contributed by atoms with E-state index in [4.69, 9.17) is 0 Å². The van der Waals surface area contributed by atoms with Crippen LogP contribution in [-0.2, 0) is 6.42 Å². The fourth-order valence-corrected chi connectivity index (χ4v) is 2.63. The van der Waals surface area contributed by atoms with Gasteiger partial charge in [-0.15, -0.1) is 0 Å². The second-order valence-corrected chi connectivity index (χ2v) is 5.03. The molecule has 0 atom stereocenters. The predicted molar refractivity (Wildman–Crippen MR) is 75.4 cm³/mol. The Morgan fingerprint density at radius 3 is 3.00 bits per heavy atom. The van der Waals surface area contributed by atoms with Crippen molar-refractivity contribution in [3.05, 3.63) is 59.2 Å². The normalized spacial score (nSPS) is 14.0. The highest BCUT2D eigenvalue weighted by molar-refractivity contribution is 6.06. The molecule has 0 bridgehead atoms. The van der Waals surface area contributed by atoms with Crippen molar-refractivity contribution in [2.45, 2.75) is 19.8 Å². The summed E-state index contributed by atoms with van der Waals surface area (Å²) in [7, 11) is 0. The second kappa shape index (κ2) is 5.04. The smallest absolute Gasteiger partial charge is 0.262 e. The van der Waals surface area contributed by atoms with E-state index in [1.165, 1.54) is 17.8 Å². The van der Waals surface area contributed by atoms with Crippen LogP contribution < -0.4 is 4.90 Å². The van der Waals surface area contributed by atoms with Crippen molar-refractivity contribution < 1.29 is 9.18 Å². The monoisotopic (exact) mass is 270 g/mol. The number of pyridine rings is 1. The molecule has 1 aromatic heterocycles. The maximum absolute atomic E-state index is 13.7. The van der Waals surface area contributed by atoms with Crippen molar-refractivity contribution >= 4 is 11.6 Å². The van der Waals surface area contributed by atoms with Crippen LogP contribution in [0.2, 0.25) is 0 Å². The van der Waals surface area contributed by atoms with Gasteiger partial charge in [0.25, 0.3) is 5.91 Å². The minimum Gasteiger partial charge on any atom is -0.308 e. The van der Waals surface area contributed by atoms with Crippen LogP contribution >= 0.6 is 0 Å². The van der Waals surface area contributed by atoms with Crippen molar-refractivity contribution in [1.82, 2.24) is 4.98 Å². The summed E-state index contributed by atoms with van der Waals surface area (Å²) in [4.78, 5) is 17.7. The van der Waals surface area contributed by atoms with E-state index in [1.54, 1.807) is 11.0 Å². The largest absolute Gasteiger partial charge is 0.308 e. The van der Waals surface area contributed by atoms with Crippen molar-refractivity contribution in [1.29, 1.82) is 0 Å². The standard InChI is InChI=1S/C16H15FN2O/c1-11-6-7-14-12(10-11)4-3-9-19(14)16(20)13-5-2-8-18-15(13)17/h2,5-8,10H,3-4,9H2,1H3. The molecule has 20 heavy (non-hydrogen) atoms. The minimum atomic E-state index is -0.711. The Morgan fingerprint density at radius 2 is 2.20 bits per heavy atom. The Bertz CT molecular complexity index is 669. The van der Waals surface area contributed by atoms with Gasteiger partial charge >= 0.3 is 0 Å². The van der Waals surface area contributed by atoms with Gasteiger partial charge in [0.2, 0.25) is 5.95 Å². The first kappa shape index (κ1) is 12.8. The summed E-state index contributed by atoms with van der Waals surface area (Å²) < 4.78 is 13.7. The molecule has 2 heterocycles. The number of benzene rings is 1. The molecule has 0 aliphatic carbocycles. The number of aryl methyl sites for hydroxylation is 2. The Labute approximate surface area is 117 Å². The summed E-state index contributed by atoms with van der Waals surface area (Å²) in [5.74, 6) is -1.03. The van der Waals surface area contributed by atoms with E-state index >= 15 is 0 Å². The van der Waals surface area contributed by atoms with Gasteiger partial charge in [0, 0.05) is 18.4 Å². The van der Waals surface area contributed by atoms with Crippen LogP contribution in [0.5, 0.6) is 0 Å². The molecule has 102 valence electrons. The SMILES string of the molecule is Cc1ccc2c(c1)CCCN2C(=O)c1cccnc1F. The number of hydrogen-bond donors (Lipinski definition) is 0. The van der Waals surface area contributed by atoms with Crippen LogP contribution in [-0.4, -0.2) is 17.4 Å². The summed E-state index contributed by atoms with van der Waals surface area (Å²) in [6, 6.07) is 9.07. The van der Waals surface area contributed by atoms with Gasteiger partial charge in [0.15, 0.2) is 0 Å². The third-order valence-corrected chi connectivity index (χ3v) is 3.59. The van der Waals surface area contributed by atoms with Gasteiger partial charge in [-0.2, -0.15) is 4.39 Å². The fraction of sp³-hybridized carbons (Fsp3) is 0.250. The molecule has 3 nitrogen and oxygen atoms in total. The zero-order valence-corrected chi connectivity index (χ0v) is 11.3. The highest BCUT2D eigenvalue weighted by Crippen LogP contribution is 2.29. The van der Waals surface area contributed by atoms with E-state index in [-0.39, 0.29) is 11.5 Å². The molecule has 0 saturated heterocycles. The summed E-state index contributed by atoms with van der Waals surface area (Å²) in [5, 5.41) is 0. The van der Waals surface area contributed by atoms with Crippen LogP contribution in [0.25, 0.3) is 0 Å². The van der Waals surface area contributed by atoms with Crippen LogP contribution in [0.3, 0.4) is 0 Å². The van der Waals surface area contributed by atoms with E-state index in [0.29, 0.717) is 6.54 Å². The average Bonchev–Trinajstić information content (AvgIpc) is 2.46. The molecule has 2 aromatic rings. The first-order valence-corrected chi connectivity index (χ1v) is 6.69. The zero-order valence-electron chi connectivity index (χ0n) is 11.3. The van der Waals surface area contributed by atoms with E-state index < -0.39 is 5.95 Å². The molecule has 4 heteroatoms. The highest BCUT2D eigenvalue weighted by atomic mass is 19.1. The third-order valence-electron chi connectivity index (χ3n) is 3.59. The zero-order chi connectivity index (χ0) is 14.1. The summed E-state index contributed by atoms with van der Waals surface area (Å²) >= 11 is 0. The molecule has 0 fully saturated rings. The molecule has 1 aliphatic heterocycles. The van der Waals surface area contributed by atoms with Crippen molar-refractivity contribution in [2.24, 2.45) is 0 Å². The molecular formula is C16H15FN2O. The van der Waals surface area contributed by atoms with E-state index in [2.05, 4.69) is 11.1 Å². The molecule has 1 aromatic carbocycles. The van der Waals surface area contributed by atoms with Crippen LogP contribution in [0, 0.1) is 12.9 Å². The van der Waals surface area contributed by atoms with Gasteiger partial charge in [-0.25, -0.2) is 4.98 Å². The summed E-state index contributed by atoms with van der Waals surface area (Å²) in [6.07, 6.45) is 3.19. The second-order valence-electron chi connectivity index (χ2n) is 5.03. The quantitative estimate of drug-likeness (QED) is 0.746.